The fourth-order valence-electron chi connectivity index (χ4n) is 2.65. The Balaban J connectivity index is 1.56. The third kappa shape index (κ3) is 4.33. The molecule has 1 aliphatic rings. The Hall–Kier alpha value is -2.47. The summed E-state index contributed by atoms with van der Waals surface area (Å²) in [6.45, 7) is 5.42. The van der Waals surface area contributed by atoms with Gasteiger partial charge in [0.1, 0.15) is 0 Å². The van der Waals surface area contributed by atoms with Crippen LogP contribution in [0.4, 0.5) is 16.2 Å². The zero-order valence-corrected chi connectivity index (χ0v) is 15.2. The number of rotatable bonds is 5. The van der Waals surface area contributed by atoms with Crippen molar-refractivity contribution in [3.8, 4) is 0 Å². The molecule has 3 rings (SSSR count). The minimum Gasteiger partial charge on any atom is -0.336 e. The number of nitrogens with zero attached hydrogens (tertiary/aromatic N) is 1. The first-order valence-corrected chi connectivity index (χ1v) is 9.17. The largest absolute Gasteiger partial charge is 0.336 e. The van der Waals surface area contributed by atoms with E-state index in [1.54, 1.807) is 4.90 Å². The number of urea groups is 1. The Morgan fingerprint density at radius 1 is 1.20 bits per heavy atom. The number of carbonyl (C=O) groups excluding carboxylic acids is 2. The summed E-state index contributed by atoms with van der Waals surface area (Å²) in [6.07, 6.45) is 0. The van der Waals surface area contributed by atoms with Crippen molar-refractivity contribution in [2.24, 2.45) is 0 Å². The molecular formula is C19H21N3O2S. The van der Waals surface area contributed by atoms with Crippen molar-refractivity contribution in [2.75, 3.05) is 29.1 Å². The van der Waals surface area contributed by atoms with Gasteiger partial charge in [-0.15, -0.1) is 11.8 Å². The molecule has 3 amide bonds. The van der Waals surface area contributed by atoms with Crippen LogP contribution in [0.1, 0.15) is 11.1 Å². The maximum absolute atomic E-state index is 12.2. The van der Waals surface area contributed by atoms with Crippen LogP contribution in [-0.2, 0) is 4.79 Å². The SMILES string of the molecule is Cc1ccc(C)c(SCC(=O)Nc2ccc(N3CCNC3=O)cc2)c1. The van der Waals surface area contributed by atoms with Crippen LogP contribution in [0.25, 0.3) is 0 Å². The van der Waals surface area contributed by atoms with Gasteiger partial charge in [0.25, 0.3) is 0 Å². The summed E-state index contributed by atoms with van der Waals surface area (Å²) in [4.78, 5) is 26.6. The molecule has 0 saturated carbocycles. The van der Waals surface area contributed by atoms with E-state index in [1.807, 2.05) is 38.1 Å². The van der Waals surface area contributed by atoms with Crippen LogP contribution in [-0.4, -0.2) is 30.8 Å². The van der Waals surface area contributed by atoms with Crippen LogP contribution < -0.4 is 15.5 Å². The molecule has 25 heavy (non-hydrogen) atoms. The second-order valence-corrected chi connectivity index (χ2v) is 7.05. The Morgan fingerprint density at radius 2 is 1.96 bits per heavy atom. The molecule has 2 aromatic carbocycles. The summed E-state index contributed by atoms with van der Waals surface area (Å²) < 4.78 is 0. The number of benzene rings is 2. The second-order valence-electron chi connectivity index (χ2n) is 6.04. The number of aryl methyl sites for hydroxylation is 2. The molecule has 0 bridgehead atoms. The van der Waals surface area contributed by atoms with Gasteiger partial charge in [0.05, 0.1) is 5.75 Å². The van der Waals surface area contributed by atoms with Crippen LogP contribution in [0, 0.1) is 13.8 Å². The molecule has 6 heteroatoms. The summed E-state index contributed by atoms with van der Waals surface area (Å²) in [5, 5.41) is 5.67. The first-order chi connectivity index (χ1) is 12.0. The lowest BCUT2D eigenvalue weighted by atomic mass is 10.2. The van der Waals surface area contributed by atoms with E-state index in [2.05, 4.69) is 28.8 Å². The molecule has 0 aromatic heterocycles. The van der Waals surface area contributed by atoms with E-state index < -0.39 is 0 Å². The number of hydrogen-bond donors (Lipinski definition) is 2. The average molecular weight is 355 g/mol. The van der Waals surface area contributed by atoms with Gasteiger partial charge < -0.3 is 10.6 Å². The van der Waals surface area contributed by atoms with Gasteiger partial charge in [-0.2, -0.15) is 0 Å². The zero-order valence-electron chi connectivity index (χ0n) is 14.3. The maximum atomic E-state index is 12.2. The molecular weight excluding hydrogens is 334 g/mol. The van der Waals surface area contributed by atoms with E-state index in [4.69, 9.17) is 0 Å². The van der Waals surface area contributed by atoms with Gasteiger partial charge in [-0.1, -0.05) is 17.7 Å². The van der Waals surface area contributed by atoms with E-state index in [0.29, 0.717) is 18.8 Å². The predicted molar refractivity (Wildman–Crippen MR) is 102 cm³/mol. The molecule has 2 N–H and O–H groups in total. The zero-order chi connectivity index (χ0) is 17.8. The molecule has 0 radical (unpaired) electrons. The number of nitrogens with one attached hydrogen (secondary N) is 2. The molecule has 0 aliphatic carbocycles. The predicted octanol–water partition coefficient (Wildman–Crippen LogP) is 3.56. The highest BCUT2D eigenvalue weighted by Crippen LogP contribution is 2.24. The van der Waals surface area contributed by atoms with Crippen molar-refractivity contribution >= 4 is 35.1 Å². The smallest absolute Gasteiger partial charge is 0.321 e. The third-order valence-electron chi connectivity index (χ3n) is 4.02. The maximum Gasteiger partial charge on any atom is 0.321 e. The fourth-order valence-corrected chi connectivity index (χ4v) is 3.57. The van der Waals surface area contributed by atoms with E-state index in [9.17, 15) is 9.59 Å². The second kappa shape index (κ2) is 7.61. The van der Waals surface area contributed by atoms with E-state index >= 15 is 0 Å². The van der Waals surface area contributed by atoms with Gasteiger partial charge in [0.15, 0.2) is 0 Å². The fraction of sp³-hybridized carbons (Fsp3) is 0.263. The number of thioether (sulfide) groups is 1. The van der Waals surface area contributed by atoms with Crippen molar-refractivity contribution in [2.45, 2.75) is 18.7 Å². The van der Waals surface area contributed by atoms with Gasteiger partial charge in [0.2, 0.25) is 5.91 Å². The van der Waals surface area contributed by atoms with Crippen LogP contribution in [0.5, 0.6) is 0 Å². The number of amides is 3. The lowest BCUT2D eigenvalue weighted by molar-refractivity contribution is -0.113. The van der Waals surface area contributed by atoms with Gasteiger partial charge in [-0.3, -0.25) is 9.69 Å². The molecule has 0 unspecified atom stereocenters. The minimum atomic E-state index is -0.0818. The van der Waals surface area contributed by atoms with E-state index in [-0.39, 0.29) is 11.9 Å². The molecule has 1 aliphatic heterocycles. The first-order valence-electron chi connectivity index (χ1n) is 8.18. The molecule has 1 fully saturated rings. The van der Waals surface area contributed by atoms with Crippen LogP contribution in [0.15, 0.2) is 47.4 Å². The first kappa shape index (κ1) is 17.4. The topological polar surface area (TPSA) is 61.4 Å². The Bertz CT molecular complexity index is 790. The third-order valence-corrected chi connectivity index (χ3v) is 5.18. The molecule has 130 valence electrons. The van der Waals surface area contributed by atoms with Gasteiger partial charge in [-0.25, -0.2) is 4.79 Å². The molecule has 1 saturated heterocycles. The number of anilines is 2. The molecule has 0 atom stereocenters. The lowest BCUT2D eigenvalue weighted by Crippen LogP contribution is -2.27. The minimum absolute atomic E-state index is 0.0439. The van der Waals surface area contributed by atoms with Crippen LogP contribution in [0.2, 0.25) is 0 Å². The van der Waals surface area contributed by atoms with Crippen LogP contribution in [0.3, 0.4) is 0 Å². The van der Waals surface area contributed by atoms with Crippen LogP contribution >= 0.6 is 11.8 Å². The van der Waals surface area contributed by atoms with Crippen molar-refractivity contribution in [3.05, 3.63) is 53.6 Å². The summed E-state index contributed by atoms with van der Waals surface area (Å²) in [7, 11) is 0. The highest BCUT2D eigenvalue weighted by atomic mass is 32.2. The molecule has 2 aromatic rings. The Labute approximate surface area is 151 Å². The number of hydrogen-bond acceptors (Lipinski definition) is 3. The van der Waals surface area contributed by atoms with Gasteiger partial charge in [0, 0.05) is 29.4 Å². The normalized spacial score (nSPS) is 13.7. The summed E-state index contributed by atoms with van der Waals surface area (Å²) in [5.74, 6) is 0.318. The molecule has 1 heterocycles. The van der Waals surface area contributed by atoms with Crippen molar-refractivity contribution < 1.29 is 9.59 Å². The number of carbonyl (C=O) groups is 2. The summed E-state index contributed by atoms with van der Waals surface area (Å²) in [5.41, 5.74) is 3.93. The highest BCUT2D eigenvalue weighted by molar-refractivity contribution is 8.00. The standard InChI is InChI=1S/C19H21N3O2S/c1-13-3-4-14(2)17(11-13)25-12-18(23)21-15-5-7-16(8-6-15)22-10-9-20-19(22)24/h3-8,11H,9-10,12H2,1-2H3,(H,20,24)(H,21,23). The van der Waals surface area contributed by atoms with Gasteiger partial charge >= 0.3 is 6.03 Å². The Morgan fingerprint density at radius 3 is 2.64 bits per heavy atom. The molecule has 5 nitrogen and oxygen atoms in total. The summed E-state index contributed by atoms with van der Waals surface area (Å²) >= 11 is 1.54. The van der Waals surface area contributed by atoms with Crippen molar-refractivity contribution in [3.63, 3.8) is 0 Å². The monoisotopic (exact) mass is 355 g/mol. The van der Waals surface area contributed by atoms with Gasteiger partial charge in [-0.05, 0) is 49.7 Å². The lowest BCUT2D eigenvalue weighted by Gasteiger charge is -2.14. The summed E-state index contributed by atoms with van der Waals surface area (Å²) in [6, 6.07) is 13.5. The quantitative estimate of drug-likeness (QED) is 0.806. The van der Waals surface area contributed by atoms with Crippen molar-refractivity contribution in [1.82, 2.24) is 5.32 Å². The highest BCUT2D eigenvalue weighted by Gasteiger charge is 2.20. The van der Waals surface area contributed by atoms with E-state index in [1.165, 1.54) is 22.9 Å². The van der Waals surface area contributed by atoms with Crippen molar-refractivity contribution in [1.29, 1.82) is 0 Å². The molecule has 0 spiro atoms. The Kier molecular flexibility index (Phi) is 5.28. The van der Waals surface area contributed by atoms with E-state index in [0.717, 1.165) is 16.3 Å². The average Bonchev–Trinajstić information content (AvgIpc) is 3.02.